The van der Waals surface area contributed by atoms with Gasteiger partial charge in [0.2, 0.25) is 5.91 Å². The van der Waals surface area contributed by atoms with Crippen molar-refractivity contribution in [1.29, 1.82) is 0 Å². The maximum atomic E-state index is 13.2. The molecule has 0 aliphatic carbocycles. The van der Waals surface area contributed by atoms with Crippen molar-refractivity contribution in [3.8, 4) is 0 Å². The number of amides is 1. The van der Waals surface area contributed by atoms with Crippen LogP contribution in [-0.4, -0.2) is 87.5 Å². The Morgan fingerprint density at radius 2 is 0.713 bits per heavy atom. The Hall–Kier alpha value is -2.37. The highest BCUT2D eigenvalue weighted by molar-refractivity contribution is 5.76. The van der Waals surface area contributed by atoms with E-state index in [2.05, 4.69) is 79.9 Å². The summed E-state index contributed by atoms with van der Waals surface area (Å²) in [6.45, 7) is 3.71. The van der Waals surface area contributed by atoms with Gasteiger partial charge >= 0.3 is 0 Å². The molecule has 1 fully saturated rings. The summed E-state index contributed by atoms with van der Waals surface area (Å²) >= 11 is 0. The van der Waals surface area contributed by atoms with Crippen LogP contribution < -0.4 is 5.32 Å². The molecule has 9 nitrogen and oxygen atoms in total. The SMILES string of the molecule is CC/C=C\C/C=C\C/C=C\C/C=C\C/C=C\CCCCCCCCCCCCCCCCCC(=O)NC(COC1OC(CO)C(O)C(O)C1O)C(O)/C=C/CCCCCCCCCCCCCCCCCCCCCCCCCCCCCCCCC. The zero-order valence-electron chi connectivity index (χ0n) is 57.0. The lowest BCUT2D eigenvalue weighted by Gasteiger charge is -2.40. The van der Waals surface area contributed by atoms with Gasteiger partial charge in [0.05, 0.1) is 25.4 Å². The summed E-state index contributed by atoms with van der Waals surface area (Å²) in [6, 6.07) is -0.810. The Labute approximate surface area is 538 Å². The van der Waals surface area contributed by atoms with Crippen molar-refractivity contribution < 1.29 is 39.8 Å². The van der Waals surface area contributed by atoms with Crippen molar-refractivity contribution in [2.24, 2.45) is 0 Å². The summed E-state index contributed by atoms with van der Waals surface area (Å²) in [7, 11) is 0. The van der Waals surface area contributed by atoms with E-state index < -0.39 is 49.5 Å². The van der Waals surface area contributed by atoms with Gasteiger partial charge in [0.25, 0.3) is 0 Å². The molecule has 1 aliphatic rings. The number of hydrogen-bond acceptors (Lipinski definition) is 8. The Kier molecular flexibility index (Phi) is 63.2. The molecule has 9 heteroatoms. The lowest BCUT2D eigenvalue weighted by molar-refractivity contribution is -0.302. The van der Waals surface area contributed by atoms with E-state index in [9.17, 15) is 30.3 Å². The van der Waals surface area contributed by atoms with Gasteiger partial charge in [0.15, 0.2) is 6.29 Å². The first kappa shape index (κ1) is 82.6. The van der Waals surface area contributed by atoms with Crippen molar-refractivity contribution in [2.75, 3.05) is 13.2 Å². The fraction of sp³-hybridized carbons (Fsp3) is 0.833. The molecule has 0 aromatic rings. The van der Waals surface area contributed by atoms with Crippen LogP contribution in [0, 0.1) is 0 Å². The van der Waals surface area contributed by atoms with Crippen LogP contribution in [0.15, 0.2) is 72.9 Å². The van der Waals surface area contributed by atoms with E-state index in [4.69, 9.17) is 9.47 Å². The number of unbranched alkanes of at least 4 members (excludes halogenated alkanes) is 46. The highest BCUT2D eigenvalue weighted by Crippen LogP contribution is 2.24. The zero-order chi connectivity index (χ0) is 62.8. The molecule has 0 aromatic heterocycles. The Morgan fingerprint density at radius 1 is 0.402 bits per heavy atom. The molecule has 1 saturated heterocycles. The van der Waals surface area contributed by atoms with Gasteiger partial charge < -0.3 is 40.3 Å². The largest absolute Gasteiger partial charge is 0.394 e. The maximum absolute atomic E-state index is 13.2. The quantitative estimate of drug-likeness (QED) is 0.0261. The second kappa shape index (κ2) is 66.5. The predicted molar refractivity (Wildman–Crippen MR) is 373 cm³/mol. The lowest BCUT2D eigenvalue weighted by Crippen LogP contribution is -2.60. The molecule has 7 atom stereocenters. The molecule has 1 heterocycles. The van der Waals surface area contributed by atoms with Crippen LogP contribution in [0.5, 0.6) is 0 Å². The third kappa shape index (κ3) is 55.0. The van der Waals surface area contributed by atoms with Gasteiger partial charge in [-0.25, -0.2) is 0 Å². The number of carbonyl (C=O) groups is 1. The minimum atomic E-state index is -1.57. The smallest absolute Gasteiger partial charge is 0.220 e. The molecule has 0 bridgehead atoms. The fourth-order valence-electron chi connectivity index (χ4n) is 12.0. The minimum absolute atomic E-state index is 0.174. The molecule has 6 N–H and O–H groups in total. The second-order valence-corrected chi connectivity index (χ2v) is 26.1. The van der Waals surface area contributed by atoms with Crippen molar-refractivity contribution in [2.45, 2.75) is 403 Å². The van der Waals surface area contributed by atoms with Gasteiger partial charge in [-0.05, 0) is 64.2 Å². The number of hydrogen-bond donors (Lipinski definition) is 6. The van der Waals surface area contributed by atoms with E-state index in [0.717, 1.165) is 70.6 Å². The molecule has 1 aliphatic heterocycles. The van der Waals surface area contributed by atoms with E-state index >= 15 is 0 Å². The number of rotatable bonds is 66. The normalized spacial score (nSPS) is 18.4. The van der Waals surface area contributed by atoms with Gasteiger partial charge in [-0.1, -0.05) is 363 Å². The molecule has 7 unspecified atom stereocenters. The molecular formula is C78H143NO8. The Bertz CT molecular complexity index is 1610. The monoisotopic (exact) mass is 1220 g/mol. The third-order valence-corrected chi connectivity index (χ3v) is 17.8. The number of allylic oxidation sites excluding steroid dienone is 11. The summed E-state index contributed by atoms with van der Waals surface area (Å²) in [5.74, 6) is -0.174. The maximum Gasteiger partial charge on any atom is 0.220 e. The summed E-state index contributed by atoms with van der Waals surface area (Å²) in [6.07, 6.45) is 87.4. The third-order valence-electron chi connectivity index (χ3n) is 17.8. The summed E-state index contributed by atoms with van der Waals surface area (Å²) in [4.78, 5) is 13.2. The summed E-state index contributed by atoms with van der Waals surface area (Å²) < 4.78 is 11.3. The van der Waals surface area contributed by atoms with Crippen molar-refractivity contribution in [3.05, 3.63) is 72.9 Å². The van der Waals surface area contributed by atoms with E-state index in [0.29, 0.717) is 6.42 Å². The van der Waals surface area contributed by atoms with Gasteiger partial charge in [-0.2, -0.15) is 0 Å². The minimum Gasteiger partial charge on any atom is -0.394 e. The van der Waals surface area contributed by atoms with E-state index in [1.807, 2.05) is 6.08 Å². The van der Waals surface area contributed by atoms with Crippen LogP contribution in [0.25, 0.3) is 0 Å². The van der Waals surface area contributed by atoms with Crippen molar-refractivity contribution in [1.82, 2.24) is 5.32 Å². The highest BCUT2D eigenvalue weighted by Gasteiger charge is 2.44. The van der Waals surface area contributed by atoms with Gasteiger partial charge in [-0.15, -0.1) is 0 Å². The van der Waals surface area contributed by atoms with E-state index in [-0.39, 0.29) is 12.5 Å². The lowest BCUT2D eigenvalue weighted by atomic mass is 9.99. The molecule has 87 heavy (non-hydrogen) atoms. The first-order valence-electron chi connectivity index (χ1n) is 37.7. The van der Waals surface area contributed by atoms with Gasteiger partial charge in [0.1, 0.15) is 24.4 Å². The summed E-state index contributed by atoms with van der Waals surface area (Å²) in [5.41, 5.74) is 0. The topological polar surface area (TPSA) is 149 Å². The van der Waals surface area contributed by atoms with Crippen LogP contribution in [0.2, 0.25) is 0 Å². The van der Waals surface area contributed by atoms with Crippen LogP contribution in [0.4, 0.5) is 0 Å². The first-order valence-corrected chi connectivity index (χ1v) is 37.7. The van der Waals surface area contributed by atoms with Gasteiger partial charge in [0, 0.05) is 6.42 Å². The number of carbonyl (C=O) groups excluding carboxylic acids is 1. The highest BCUT2D eigenvalue weighted by atomic mass is 16.7. The van der Waals surface area contributed by atoms with E-state index in [1.54, 1.807) is 6.08 Å². The van der Waals surface area contributed by atoms with Crippen molar-refractivity contribution >= 4 is 5.91 Å². The molecule has 508 valence electrons. The molecule has 1 rings (SSSR count). The molecule has 0 aromatic carbocycles. The number of aliphatic hydroxyl groups is 5. The second-order valence-electron chi connectivity index (χ2n) is 26.1. The van der Waals surface area contributed by atoms with Crippen LogP contribution in [0.1, 0.15) is 361 Å². The van der Waals surface area contributed by atoms with E-state index in [1.165, 1.54) is 270 Å². The molecule has 0 saturated carbocycles. The molecule has 1 amide bonds. The number of aliphatic hydroxyl groups excluding tert-OH is 5. The molecular weight excluding hydrogens is 1080 g/mol. The average molecular weight is 1220 g/mol. The average Bonchev–Trinajstić information content (AvgIpc) is 3.47. The Balaban J connectivity index is 2.10. The number of ether oxygens (including phenoxy) is 2. The zero-order valence-corrected chi connectivity index (χ0v) is 57.0. The fourth-order valence-corrected chi connectivity index (χ4v) is 12.0. The van der Waals surface area contributed by atoms with Crippen LogP contribution in [-0.2, 0) is 14.3 Å². The van der Waals surface area contributed by atoms with Crippen LogP contribution in [0.3, 0.4) is 0 Å². The summed E-state index contributed by atoms with van der Waals surface area (Å²) in [5, 5.41) is 54.9. The van der Waals surface area contributed by atoms with Crippen molar-refractivity contribution in [3.63, 3.8) is 0 Å². The van der Waals surface area contributed by atoms with Gasteiger partial charge in [-0.3, -0.25) is 4.79 Å². The first-order chi connectivity index (χ1) is 42.8. The number of nitrogens with one attached hydrogen (secondary N) is 1. The predicted octanol–water partition coefficient (Wildman–Crippen LogP) is 21.1. The standard InChI is InChI=1S/C78H143NO8/c1-3-5-7-9-11-13-15-17-19-21-23-25-27-29-31-33-35-36-38-39-41-43-45-47-49-51-53-55-57-59-61-63-65-67-72(81)71(70-86-78-77(85)76(84)75(83)73(69-80)87-78)79-74(82)68-66-64-62-60-58-56-54-52-50-48-46-44-42-40-37-34-32-30-28-26-24-22-20-18-16-14-12-10-8-6-4-2/h6,8,12,14,18,20,24,26,30,32,65,67,71-73,75-78,80-81,83-85H,3-5,7,9-11,13,15-17,19,21-23,25,27-29,31,33-64,66,68-70H2,1-2H3,(H,79,82)/b8-6-,14-12-,20-18-,26-24-,32-30-,67-65+. The molecule has 0 spiro atoms. The van der Waals surface area contributed by atoms with Crippen LogP contribution >= 0.6 is 0 Å². The molecule has 0 radical (unpaired) electrons. The Morgan fingerprint density at radius 3 is 1.06 bits per heavy atom.